The number of hydrogen-bond donors (Lipinski definition) is 2. The van der Waals surface area contributed by atoms with Gasteiger partial charge in [-0.05, 0) is 80.9 Å². The molecule has 2 heterocycles. The van der Waals surface area contributed by atoms with Crippen LogP contribution in [-0.2, 0) is 17.8 Å². The van der Waals surface area contributed by atoms with Gasteiger partial charge in [-0.15, -0.1) is 0 Å². The summed E-state index contributed by atoms with van der Waals surface area (Å²) in [5, 5.41) is 6.64. The third kappa shape index (κ3) is 5.30. The van der Waals surface area contributed by atoms with Crippen LogP contribution in [0.15, 0.2) is 30.5 Å². The summed E-state index contributed by atoms with van der Waals surface area (Å²) in [6.45, 7) is 4.31. The van der Waals surface area contributed by atoms with Gasteiger partial charge in [-0.25, -0.2) is 8.78 Å². The van der Waals surface area contributed by atoms with Crippen LogP contribution in [0.4, 0.5) is 8.78 Å². The maximum atomic E-state index is 13.0. The van der Waals surface area contributed by atoms with E-state index < -0.39 is 18.4 Å². The summed E-state index contributed by atoms with van der Waals surface area (Å²) in [4.78, 5) is 27.2. The second-order valence-electron chi connectivity index (χ2n) is 11.0. The number of alkyl halides is 2. The van der Waals surface area contributed by atoms with Crippen molar-refractivity contribution in [2.24, 2.45) is 11.8 Å². The number of allylic oxidation sites excluding steroid dienone is 1. The highest BCUT2D eigenvalue weighted by molar-refractivity contribution is 6.01. The Morgan fingerprint density at radius 1 is 1.06 bits per heavy atom. The number of carbonyl (C=O) groups is 2. The fourth-order valence-corrected chi connectivity index (χ4v) is 6.65. The van der Waals surface area contributed by atoms with Gasteiger partial charge in [0.2, 0.25) is 12.3 Å². The lowest BCUT2D eigenvalue weighted by molar-refractivity contribution is -0.126. The van der Waals surface area contributed by atoms with Crippen molar-refractivity contribution in [3.05, 3.63) is 47.2 Å². The molecule has 35 heavy (non-hydrogen) atoms. The maximum Gasteiger partial charge on any atom is 0.255 e. The van der Waals surface area contributed by atoms with Gasteiger partial charge in [-0.3, -0.25) is 9.59 Å². The molecule has 5 nitrogen and oxygen atoms in total. The topological polar surface area (TPSA) is 61.4 Å². The number of halogens is 2. The molecule has 190 valence electrons. The second kappa shape index (κ2) is 10.4. The van der Waals surface area contributed by atoms with Gasteiger partial charge in [0.1, 0.15) is 6.04 Å². The minimum atomic E-state index is -2.19. The molecule has 0 spiro atoms. The van der Waals surface area contributed by atoms with E-state index in [4.69, 9.17) is 0 Å². The lowest BCUT2D eigenvalue weighted by atomic mass is 9.79. The molecule has 2 N–H and O–H groups in total. The molecule has 5 rings (SSSR count). The van der Waals surface area contributed by atoms with E-state index in [0.29, 0.717) is 55.8 Å². The van der Waals surface area contributed by atoms with E-state index in [1.165, 1.54) is 18.4 Å². The Bertz CT molecular complexity index is 973. The molecule has 0 bridgehead atoms. The number of amides is 2. The Hall–Kier alpha value is -2.28. The van der Waals surface area contributed by atoms with Crippen molar-refractivity contribution in [3.63, 3.8) is 0 Å². The fraction of sp³-hybridized carbons (Fsp3) is 0.643. The fourth-order valence-electron chi connectivity index (χ4n) is 6.65. The first-order valence-corrected chi connectivity index (χ1v) is 13.3. The van der Waals surface area contributed by atoms with Crippen molar-refractivity contribution in [1.82, 2.24) is 15.5 Å². The number of rotatable bonds is 6. The third-order valence-electron chi connectivity index (χ3n) is 8.68. The number of fused-ring (bicyclic) bond motifs is 1. The van der Waals surface area contributed by atoms with Gasteiger partial charge in [-0.1, -0.05) is 31.6 Å². The summed E-state index contributed by atoms with van der Waals surface area (Å²) in [6, 6.07) is 6.50. The zero-order chi connectivity index (χ0) is 24.5. The highest BCUT2D eigenvalue weighted by Crippen LogP contribution is 2.34. The normalized spacial score (nSPS) is 31.6. The summed E-state index contributed by atoms with van der Waals surface area (Å²) in [5.41, 5.74) is 3.67. The maximum absolute atomic E-state index is 13.0. The van der Waals surface area contributed by atoms with Crippen LogP contribution < -0.4 is 10.6 Å². The van der Waals surface area contributed by atoms with Gasteiger partial charge >= 0.3 is 0 Å². The number of nitrogens with one attached hydrogen (secondary N) is 2. The predicted octanol–water partition coefficient (Wildman–Crippen LogP) is 4.95. The smallest absolute Gasteiger partial charge is 0.255 e. The lowest BCUT2D eigenvalue weighted by Gasteiger charge is -2.38. The van der Waals surface area contributed by atoms with Gasteiger partial charge in [0.25, 0.3) is 5.91 Å². The molecule has 2 aliphatic carbocycles. The predicted molar refractivity (Wildman–Crippen MR) is 131 cm³/mol. The van der Waals surface area contributed by atoms with Crippen LogP contribution in [0.25, 0.3) is 0 Å². The van der Waals surface area contributed by atoms with Crippen LogP contribution in [0.2, 0.25) is 0 Å². The lowest BCUT2D eigenvalue weighted by Crippen LogP contribution is -2.49. The first-order chi connectivity index (χ1) is 16.9. The van der Waals surface area contributed by atoms with Crippen molar-refractivity contribution in [2.75, 3.05) is 0 Å². The molecule has 1 aromatic rings. The number of carbonyl (C=O) groups excluding carboxylic acids is 2. The number of nitrogens with zero attached hydrogens (tertiary/aromatic N) is 1. The highest BCUT2D eigenvalue weighted by Gasteiger charge is 2.38. The monoisotopic (exact) mass is 485 g/mol. The van der Waals surface area contributed by atoms with Crippen molar-refractivity contribution < 1.29 is 18.4 Å². The van der Waals surface area contributed by atoms with Crippen molar-refractivity contribution in [2.45, 2.75) is 102 Å². The summed E-state index contributed by atoms with van der Waals surface area (Å²) in [7, 11) is 0. The van der Waals surface area contributed by atoms with Gasteiger partial charge in [0, 0.05) is 35.8 Å². The number of piperidine rings is 1. The standard InChI is InChI=1S/C28H37F2N3O2/c1-17-6-13-25(27(34)31-17)33-16-21-15-18(7-12-23(21)28(33)35)14-20-4-2-3-5-24(20)32-22-10-8-19(9-11-22)26(29)30/h7,12,15,19-20,22,24-26,32H,1-6,8-11,13-14,16H2,(H,31,34)/t19-,20-,22+,24+,25?/m1/s1. The summed E-state index contributed by atoms with van der Waals surface area (Å²) in [5.74, 6) is -0.113. The second-order valence-corrected chi connectivity index (χ2v) is 11.0. The Balaban J connectivity index is 1.22. The Morgan fingerprint density at radius 2 is 1.83 bits per heavy atom. The van der Waals surface area contributed by atoms with Crippen LogP contribution in [0, 0.1) is 11.8 Å². The largest absolute Gasteiger partial charge is 0.329 e. The summed E-state index contributed by atoms with van der Waals surface area (Å²) >= 11 is 0. The zero-order valence-electron chi connectivity index (χ0n) is 20.4. The van der Waals surface area contributed by atoms with E-state index in [1.807, 2.05) is 6.07 Å². The molecule has 2 saturated carbocycles. The van der Waals surface area contributed by atoms with E-state index in [0.717, 1.165) is 43.4 Å². The average Bonchev–Trinajstić information content (AvgIpc) is 3.16. The molecule has 1 saturated heterocycles. The molecule has 0 radical (unpaired) electrons. The molecule has 3 atom stereocenters. The SMILES string of the molecule is C=C1CCC(N2Cc3cc(C[C@H]4CCCC[C@@H]4N[C@H]4CC[C@@H](C(F)F)CC4)ccc3C2=O)C(=O)N1. The number of hydrogen-bond acceptors (Lipinski definition) is 3. The minimum Gasteiger partial charge on any atom is -0.329 e. The molecule has 1 unspecified atom stereocenters. The average molecular weight is 486 g/mol. The van der Waals surface area contributed by atoms with Gasteiger partial charge in [0.15, 0.2) is 0 Å². The van der Waals surface area contributed by atoms with E-state index in [-0.39, 0.29) is 11.8 Å². The summed E-state index contributed by atoms with van der Waals surface area (Å²) in [6.07, 6.45) is 7.75. The Kier molecular flexibility index (Phi) is 7.24. The van der Waals surface area contributed by atoms with Crippen molar-refractivity contribution in [3.8, 4) is 0 Å². The van der Waals surface area contributed by atoms with Gasteiger partial charge in [-0.2, -0.15) is 0 Å². The molecular weight excluding hydrogens is 448 g/mol. The minimum absolute atomic E-state index is 0.0594. The quantitative estimate of drug-likeness (QED) is 0.599. The third-order valence-corrected chi connectivity index (χ3v) is 8.68. The first-order valence-electron chi connectivity index (χ1n) is 13.3. The van der Waals surface area contributed by atoms with E-state index in [2.05, 4.69) is 29.3 Å². The van der Waals surface area contributed by atoms with Crippen molar-refractivity contribution >= 4 is 11.8 Å². The van der Waals surface area contributed by atoms with Crippen LogP contribution in [-0.4, -0.2) is 41.3 Å². The van der Waals surface area contributed by atoms with E-state index >= 15 is 0 Å². The molecule has 1 aromatic carbocycles. The molecule has 3 fully saturated rings. The zero-order valence-corrected chi connectivity index (χ0v) is 20.4. The summed E-state index contributed by atoms with van der Waals surface area (Å²) < 4.78 is 26.1. The van der Waals surface area contributed by atoms with Gasteiger partial charge in [0.05, 0.1) is 0 Å². The molecular formula is C28H37F2N3O2. The van der Waals surface area contributed by atoms with Crippen LogP contribution in [0.3, 0.4) is 0 Å². The van der Waals surface area contributed by atoms with Crippen molar-refractivity contribution in [1.29, 1.82) is 0 Å². The molecule has 2 aliphatic heterocycles. The molecule has 7 heteroatoms. The Labute approximate surface area is 206 Å². The van der Waals surface area contributed by atoms with E-state index in [1.54, 1.807) is 4.90 Å². The first kappa shape index (κ1) is 24.4. The van der Waals surface area contributed by atoms with Crippen LogP contribution >= 0.6 is 0 Å². The molecule has 0 aromatic heterocycles. The highest BCUT2D eigenvalue weighted by atomic mass is 19.3. The van der Waals surface area contributed by atoms with Crippen LogP contribution in [0.1, 0.15) is 85.7 Å². The number of benzene rings is 1. The molecule has 2 amide bonds. The van der Waals surface area contributed by atoms with E-state index in [9.17, 15) is 18.4 Å². The molecule has 4 aliphatic rings. The Morgan fingerprint density at radius 3 is 2.57 bits per heavy atom. The van der Waals surface area contributed by atoms with Gasteiger partial charge < -0.3 is 15.5 Å². The van der Waals surface area contributed by atoms with Crippen LogP contribution in [0.5, 0.6) is 0 Å².